The van der Waals surface area contributed by atoms with Crippen LogP contribution >= 0.6 is 11.3 Å². The van der Waals surface area contributed by atoms with E-state index in [-0.39, 0.29) is 11.9 Å². The first kappa shape index (κ1) is 15.8. The second-order valence-corrected chi connectivity index (χ2v) is 6.20. The molecule has 1 atom stereocenters. The van der Waals surface area contributed by atoms with Crippen molar-refractivity contribution in [3.05, 3.63) is 5.01 Å². The van der Waals surface area contributed by atoms with Crippen LogP contribution in [0.25, 0.3) is 0 Å². The van der Waals surface area contributed by atoms with E-state index in [2.05, 4.69) is 39.6 Å². The molecule has 1 aromatic heterocycles. The summed E-state index contributed by atoms with van der Waals surface area (Å²) in [6, 6.07) is 0.129. The fraction of sp³-hybridized carbons (Fsp3) is 0.750. The van der Waals surface area contributed by atoms with Gasteiger partial charge in [0.25, 0.3) is 5.91 Å². The highest BCUT2D eigenvalue weighted by Crippen LogP contribution is 2.14. The SMILES string of the molecule is CNc1nnc(C(=O)NC(CC(C)C)CN(C)C)s1. The summed E-state index contributed by atoms with van der Waals surface area (Å²) in [5.74, 6) is 0.388. The molecule has 0 bridgehead atoms. The third-order valence-electron chi connectivity index (χ3n) is 2.51. The van der Waals surface area contributed by atoms with Crippen LogP contribution in [0.4, 0.5) is 5.13 Å². The maximum Gasteiger partial charge on any atom is 0.282 e. The highest BCUT2D eigenvalue weighted by atomic mass is 32.1. The van der Waals surface area contributed by atoms with Gasteiger partial charge in [0.2, 0.25) is 10.1 Å². The number of nitrogens with zero attached hydrogens (tertiary/aromatic N) is 3. The van der Waals surface area contributed by atoms with Crippen LogP contribution < -0.4 is 10.6 Å². The number of aromatic nitrogens is 2. The third-order valence-corrected chi connectivity index (χ3v) is 3.45. The molecule has 0 aliphatic heterocycles. The van der Waals surface area contributed by atoms with E-state index in [1.54, 1.807) is 7.05 Å². The first-order valence-corrected chi connectivity index (χ1v) is 7.20. The van der Waals surface area contributed by atoms with Crippen molar-refractivity contribution >= 4 is 22.4 Å². The van der Waals surface area contributed by atoms with Crippen LogP contribution in [0.2, 0.25) is 0 Å². The maximum absolute atomic E-state index is 12.1. The summed E-state index contributed by atoms with van der Waals surface area (Å²) >= 11 is 1.26. The molecule has 1 heterocycles. The van der Waals surface area contributed by atoms with E-state index in [1.807, 2.05) is 14.1 Å². The van der Waals surface area contributed by atoms with E-state index in [1.165, 1.54) is 11.3 Å². The Morgan fingerprint density at radius 1 is 1.37 bits per heavy atom. The Morgan fingerprint density at radius 2 is 2.05 bits per heavy atom. The zero-order valence-electron chi connectivity index (χ0n) is 12.2. The molecular formula is C12H23N5OS. The minimum atomic E-state index is -0.147. The zero-order valence-corrected chi connectivity index (χ0v) is 13.0. The lowest BCUT2D eigenvalue weighted by atomic mass is 10.0. The number of hydrogen-bond acceptors (Lipinski definition) is 6. The van der Waals surface area contributed by atoms with Gasteiger partial charge in [-0.3, -0.25) is 4.79 Å². The lowest BCUT2D eigenvalue weighted by Crippen LogP contribution is -2.42. The topological polar surface area (TPSA) is 70.1 Å². The second kappa shape index (κ2) is 7.40. The summed E-state index contributed by atoms with van der Waals surface area (Å²) in [4.78, 5) is 14.2. The molecule has 1 rings (SSSR count). The average Bonchev–Trinajstić information content (AvgIpc) is 2.75. The molecule has 7 heteroatoms. The van der Waals surface area contributed by atoms with Gasteiger partial charge in [-0.25, -0.2) is 0 Å². The van der Waals surface area contributed by atoms with E-state index in [0.29, 0.717) is 16.1 Å². The Hall–Kier alpha value is -1.21. The summed E-state index contributed by atoms with van der Waals surface area (Å²) in [5, 5.41) is 14.7. The molecule has 1 amide bonds. The normalized spacial score (nSPS) is 12.8. The van der Waals surface area contributed by atoms with Crippen LogP contribution in [0.15, 0.2) is 0 Å². The van der Waals surface area contributed by atoms with Crippen LogP contribution in [-0.4, -0.2) is 54.7 Å². The molecule has 1 unspecified atom stereocenters. The van der Waals surface area contributed by atoms with Crippen LogP contribution in [-0.2, 0) is 0 Å². The van der Waals surface area contributed by atoms with Gasteiger partial charge in [0.15, 0.2) is 0 Å². The van der Waals surface area contributed by atoms with Crippen molar-refractivity contribution in [2.75, 3.05) is 33.0 Å². The Bertz CT molecular complexity index is 395. The number of anilines is 1. The van der Waals surface area contributed by atoms with Crippen molar-refractivity contribution in [1.82, 2.24) is 20.4 Å². The van der Waals surface area contributed by atoms with E-state index in [0.717, 1.165) is 13.0 Å². The van der Waals surface area contributed by atoms with E-state index >= 15 is 0 Å². The minimum Gasteiger partial charge on any atom is -0.363 e. The smallest absolute Gasteiger partial charge is 0.282 e. The first-order valence-electron chi connectivity index (χ1n) is 6.39. The van der Waals surface area contributed by atoms with Gasteiger partial charge < -0.3 is 15.5 Å². The number of carbonyl (C=O) groups excluding carboxylic acids is 1. The largest absolute Gasteiger partial charge is 0.363 e. The standard InChI is InChI=1S/C12H23N5OS/c1-8(2)6-9(7-17(4)5)14-10(18)11-15-16-12(13-3)19-11/h8-9H,6-7H2,1-5H3,(H,13,16)(H,14,18). The van der Waals surface area contributed by atoms with Gasteiger partial charge in [-0.05, 0) is 26.4 Å². The van der Waals surface area contributed by atoms with Crippen LogP contribution in [0, 0.1) is 5.92 Å². The summed E-state index contributed by atoms with van der Waals surface area (Å²) in [6.45, 7) is 5.12. The number of rotatable bonds is 7. The van der Waals surface area contributed by atoms with E-state index in [9.17, 15) is 4.79 Å². The molecule has 6 nitrogen and oxygen atoms in total. The van der Waals surface area contributed by atoms with Gasteiger partial charge in [-0.2, -0.15) is 0 Å². The lowest BCUT2D eigenvalue weighted by molar-refractivity contribution is 0.0923. The predicted molar refractivity (Wildman–Crippen MR) is 78.7 cm³/mol. The van der Waals surface area contributed by atoms with Crippen molar-refractivity contribution in [3.63, 3.8) is 0 Å². The minimum absolute atomic E-state index is 0.129. The molecule has 0 fully saturated rings. The molecule has 0 saturated heterocycles. The molecule has 1 aromatic rings. The van der Waals surface area contributed by atoms with Gasteiger partial charge in [-0.15, -0.1) is 10.2 Å². The number of hydrogen-bond donors (Lipinski definition) is 2. The monoisotopic (exact) mass is 285 g/mol. The van der Waals surface area contributed by atoms with E-state index in [4.69, 9.17) is 0 Å². The van der Waals surface area contributed by atoms with Crippen LogP contribution in [0.5, 0.6) is 0 Å². The highest BCUT2D eigenvalue weighted by Gasteiger charge is 2.18. The molecule has 2 N–H and O–H groups in total. The maximum atomic E-state index is 12.1. The van der Waals surface area contributed by atoms with E-state index < -0.39 is 0 Å². The number of nitrogens with one attached hydrogen (secondary N) is 2. The molecule has 108 valence electrons. The predicted octanol–water partition coefficient (Wildman–Crippen LogP) is 1.29. The van der Waals surface area contributed by atoms with Crippen LogP contribution in [0.1, 0.15) is 30.1 Å². The average molecular weight is 285 g/mol. The summed E-state index contributed by atoms with van der Waals surface area (Å²) in [6.07, 6.45) is 0.946. The van der Waals surface area contributed by atoms with Crippen molar-refractivity contribution in [2.45, 2.75) is 26.3 Å². The molecule has 0 aromatic carbocycles. The molecule has 0 aliphatic rings. The van der Waals surface area contributed by atoms with Gasteiger partial charge in [0, 0.05) is 19.6 Å². The summed E-state index contributed by atoms with van der Waals surface area (Å²) in [5.41, 5.74) is 0. The Labute approximate surface area is 118 Å². The fourth-order valence-corrected chi connectivity index (χ4v) is 2.45. The van der Waals surface area contributed by atoms with Crippen molar-refractivity contribution in [2.24, 2.45) is 5.92 Å². The molecule has 19 heavy (non-hydrogen) atoms. The third kappa shape index (κ3) is 5.52. The molecular weight excluding hydrogens is 262 g/mol. The second-order valence-electron chi connectivity index (χ2n) is 5.22. The van der Waals surface area contributed by atoms with Crippen molar-refractivity contribution in [3.8, 4) is 0 Å². The molecule has 0 spiro atoms. The Morgan fingerprint density at radius 3 is 2.53 bits per heavy atom. The molecule has 0 saturated carbocycles. The first-order chi connectivity index (χ1) is 8.92. The Balaban J connectivity index is 2.64. The van der Waals surface area contributed by atoms with Gasteiger partial charge in [0.1, 0.15) is 0 Å². The summed E-state index contributed by atoms with van der Waals surface area (Å²) < 4.78 is 0. The molecule has 0 aliphatic carbocycles. The molecule has 0 radical (unpaired) electrons. The van der Waals surface area contributed by atoms with Gasteiger partial charge in [-0.1, -0.05) is 25.2 Å². The van der Waals surface area contributed by atoms with Crippen molar-refractivity contribution in [1.29, 1.82) is 0 Å². The number of amides is 1. The fourth-order valence-electron chi connectivity index (χ4n) is 1.85. The highest BCUT2D eigenvalue weighted by molar-refractivity contribution is 7.17. The van der Waals surface area contributed by atoms with Gasteiger partial charge in [0.05, 0.1) is 0 Å². The van der Waals surface area contributed by atoms with Crippen LogP contribution in [0.3, 0.4) is 0 Å². The Kier molecular flexibility index (Phi) is 6.17. The van der Waals surface area contributed by atoms with Gasteiger partial charge >= 0.3 is 0 Å². The quantitative estimate of drug-likeness (QED) is 0.790. The number of likely N-dealkylation sites (N-methyl/N-ethyl adjacent to an activating group) is 1. The van der Waals surface area contributed by atoms with Crippen molar-refractivity contribution < 1.29 is 4.79 Å². The zero-order chi connectivity index (χ0) is 14.4. The lowest BCUT2D eigenvalue weighted by Gasteiger charge is -2.23. The number of carbonyl (C=O) groups is 1. The summed E-state index contributed by atoms with van der Waals surface area (Å²) in [7, 11) is 5.77.